The maximum Gasteiger partial charge on any atom is 0.305 e. The molecule has 0 unspecified atom stereocenters. The molecule has 30 N–H and O–H groups in total. The summed E-state index contributed by atoms with van der Waals surface area (Å²) in [5.74, 6) is -29.3. The average Bonchev–Trinajstić information content (AvgIpc) is 1.40. The van der Waals surface area contributed by atoms with Crippen molar-refractivity contribution in [3.63, 3.8) is 0 Å². The number of likely N-dealkylation sites (tertiary alicyclic amines) is 1. The minimum Gasteiger partial charge on any atom is -0.508 e. The van der Waals surface area contributed by atoms with Gasteiger partial charge in [0, 0.05) is 105 Å². The van der Waals surface area contributed by atoms with E-state index in [1.165, 1.54) is 29.2 Å². The molecule has 2 aliphatic rings. The molecule has 2 aromatic heterocycles. The van der Waals surface area contributed by atoms with Gasteiger partial charge in [0.1, 0.15) is 96.4 Å². The number of amides is 18. The number of hydrogen-bond donors (Lipinski definition) is 27. The van der Waals surface area contributed by atoms with E-state index in [1.54, 1.807) is 112 Å². The Hall–Kier alpha value is -17.0. The number of aromatic amines is 2. The fourth-order valence-electron chi connectivity index (χ4n) is 16.5. The molecule has 8 rings (SSSR count). The van der Waals surface area contributed by atoms with Gasteiger partial charge < -0.3 is 148 Å². The number of carbonyl (C=O) groups is 24. The zero-order valence-electron chi connectivity index (χ0n) is 82.8. The molecule has 0 radical (unpaired) electrons. The van der Waals surface area contributed by atoms with Gasteiger partial charge >= 0.3 is 35.8 Å². The number of unbranched alkanes of at least 4 members (excludes halogenated alkanes) is 1. The summed E-state index contributed by atoms with van der Waals surface area (Å²) < 4.78 is 0. The van der Waals surface area contributed by atoms with Crippen molar-refractivity contribution < 1.29 is 151 Å². The SMILES string of the molecule is CCCC[C@H](NC(=O)[C@H](Cc1c[nH]c2ccccc12)NC(=O)CNC(=O)[C@H](Cc1ccc(O)cc1)NC(=O)[C@H](C)NC(=O)[C@H](CCC(=O)O)NC(=O)[C@H](CCC(=O)O)NC(=O)[C@H](CCC(=O)O)NC(=O)[C@H](CCC(=O)O)NC(=O)[C@H](CCC(=O)O)NC(=O)[C@H](CC(C)C)NC(=O)[C@H](Cc1c[nH]c2ccccc12)NC(=O)[C@@H]1CCCN1C(=O)CNC(=O)[C@@H]1CCC(=O)N1)C(=O)N[C@@H](CC(=O)O)C(=O)N[C@@H](Cc1ccccc1)C(N)=O.N. The number of aromatic nitrogens is 2. The van der Waals surface area contributed by atoms with E-state index in [1.807, 2.05) is 0 Å². The van der Waals surface area contributed by atoms with Gasteiger partial charge in [-0.3, -0.25) is 115 Å². The highest BCUT2D eigenvalue weighted by Crippen LogP contribution is 2.25. The molecule has 52 heteroatoms. The van der Waals surface area contributed by atoms with E-state index in [0.717, 1.165) is 6.92 Å². The number of fused-ring (bicyclic) bond motifs is 2. The second-order valence-electron chi connectivity index (χ2n) is 36.5. The molecule has 15 atom stereocenters. The number of rotatable bonds is 62. The first-order chi connectivity index (χ1) is 70.7. The van der Waals surface area contributed by atoms with Gasteiger partial charge in [-0.25, -0.2) is 0 Å². The number of H-pyrrole nitrogens is 2. The van der Waals surface area contributed by atoms with Gasteiger partial charge in [-0.1, -0.05) is 112 Å². The van der Waals surface area contributed by atoms with Gasteiger partial charge in [-0.15, -0.1) is 0 Å². The summed E-state index contributed by atoms with van der Waals surface area (Å²) in [4.78, 5) is 334. The Balaban J connectivity index is 0.0000304. The third-order valence-electron chi connectivity index (χ3n) is 24.4. The second-order valence-corrected chi connectivity index (χ2v) is 36.5. The normalized spacial score (nSPS) is 15.6. The third kappa shape index (κ3) is 38.8. The number of aliphatic carboxylic acids is 6. The number of para-hydroxylation sites is 2. The van der Waals surface area contributed by atoms with Crippen molar-refractivity contribution in [2.75, 3.05) is 19.6 Å². The highest BCUT2D eigenvalue weighted by atomic mass is 16.4. The maximum absolute atomic E-state index is 14.9. The van der Waals surface area contributed by atoms with E-state index >= 15 is 0 Å². The van der Waals surface area contributed by atoms with Gasteiger partial charge in [-0.05, 0) is 124 Å². The smallest absolute Gasteiger partial charge is 0.305 e. The molecule has 2 aliphatic heterocycles. The van der Waals surface area contributed by atoms with Crippen LogP contribution in [0.25, 0.3) is 21.8 Å². The number of nitrogens with two attached hydrogens (primary N) is 1. The van der Waals surface area contributed by atoms with E-state index in [4.69, 9.17) is 5.73 Å². The summed E-state index contributed by atoms with van der Waals surface area (Å²) in [6.07, 6.45) is -6.79. The highest BCUT2D eigenvalue weighted by molar-refractivity contribution is 6.03. The molecular weight excluding hydrogens is 1970 g/mol. The number of nitrogens with zero attached hydrogens (tertiary/aromatic N) is 1. The summed E-state index contributed by atoms with van der Waals surface area (Å²) in [5, 5.41) is 109. The summed E-state index contributed by atoms with van der Waals surface area (Å²) >= 11 is 0. The van der Waals surface area contributed by atoms with Crippen molar-refractivity contribution in [1.29, 1.82) is 0 Å². The van der Waals surface area contributed by atoms with Gasteiger partial charge in [-0.2, -0.15) is 0 Å². The Bertz CT molecular complexity index is 5870. The average molecular weight is 2100 g/mol. The number of benzene rings is 4. The van der Waals surface area contributed by atoms with Crippen LogP contribution in [0.2, 0.25) is 0 Å². The monoisotopic (exact) mass is 2100 g/mol. The molecule has 0 spiro atoms. The first-order valence-electron chi connectivity index (χ1n) is 48.3. The van der Waals surface area contributed by atoms with Crippen LogP contribution in [0.4, 0.5) is 0 Å². The molecule has 2 fully saturated rings. The van der Waals surface area contributed by atoms with Crippen LogP contribution in [0, 0.1) is 5.92 Å². The number of carboxylic acid groups (broad SMARTS) is 6. The zero-order chi connectivity index (χ0) is 109. The molecular formula is C98H129N21O31. The number of hydrogen-bond acceptors (Lipinski definition) is 26. The molecule has 4 aromatic carbocycles. The Kier molecular flexibility index (Phi) is 47.2. The van der Waals surface area contributed by atoms with Crippen molar-refractivity contribution in [2.45, 2.75) is 266 Å². The number of primary amides is 1. The lowest BCUT2D eigenvalue weighted by atomic mass is 9.99. The summed E-state index contributed by atoms with van der Waals surface area (Å²) in [7, 11) is 0. The van der Waals surface area contributed by atoms with Gasteiger partial charge in [0.15, 0.2) is 0 Å². The maximum atomic E-state index is 14.9. The molecule has 0 saturated carbocycles. The number of carbonyl (C=O) groups excluding carboxylic acids is 18. The Morgan fingerprint density at radius 1 is 0.393 bits per heavy atom. The minimum atomic E-state index is -2.14. The molecule has 52 nitrogen and oxygen atoms in total. The predicted octanol–water partition coefficient (Wildman–Crippen LogP) is -2.87. The van der Waals surface area contributed by atoms with Crippen LogP contribution in [0.5, 0.6) is 5.75 Å². The van der Waals surface area contributed by atoms with E-state index in [-0.39, 0.29) is 87.7 Å². The van der Waals surface area contributed by atoms with Crippen molar-refractivity contribution in [3.05, 3.63) is 138 Å². The number of phenols is 1. The van der Waals surface area contributed by atoms with E-state index in [0.29, 0.717) is 51.3 Å². The first kappa shape index (κ1) is 120. The standard InChI is InChI=1S/C98H126N20O31.H3N/c1-5-6-19-61(89(140)116-73(45-83(133)134)97(148)113-68(84(99)135)41-52-15-8-7-9-16-52)107-95(146)71(43-54-46-100-59-20-12-10-17-57(54)59)106-76(121)48-102-87(138)70(42-53-23-25-56(119)26-24-53)114-85(136)51(4)104-88(139)63(28-34-78(123)124)108-90(141)64(29-35-79(125)126)109-91(142)65(30-36-80(127)128)110-92(143)66(31-37-81(129)130)111-93(144)67(32-38-82(131)132)112-94(145)69(40-50(2)3)115-96(147)72(44-55-47-101-60-21-13-11-18-58(55)60)117-98(149)74-22-14-39-118(74)77(122)49-103-86(137)62-27-33-75(120)105-62;/h7-13,15-18,20-21,23-26,46-47,50-51,61-74,100-101,119H,5-6,14,19,22,27-45,48-49H2,1-4H3,(H2,99,135)(H,102,138)(H,103,137)(H,104,139)(H,105,120)(H,106,121)(H,107,146)(H,108,141)(H,109,142)(H,110,143)(H,111,144)(H,112,145)(H,113,148)(H,114,136)(H,115,147)(H,116,140)(H,117,149)(H,123,124)(H,125,126)(H,127,128)(H,129,130)(H,131,132)(H,133,134);1H3/t51-,61-,62-,63-,64-,65-,66-,67-,68-,69-,70-,71-,72-,73-,74-;/m0./s1. The van der Waals surface area contributed by atoms with E-state index in [2.05, 4.69) is 95.0 Å². The van der Waals surface area contributed by atoms with Crippen molar-refractivity contribution in [1.82, 2.24) is 106 Å². The van der Waals surface area contributed by atoms with Crippen LogP contribution in [0.1, 0.15) is 172 Å². The van der Waals surface area contributed by atoms with Crippen molar-refractivity contribution in [2.24, 2.45) is 11.7 Å². The van der Waals surface area contributed by atoms with Crippen molar-refractivity contribution in [3.8, 4) is 5.75 Å². The lowest BCUT2D eigenvalue weighted by Gasteiger charge is -2.29. The lowest BCUT2D eigenvalue weighted by Crippen LogP contribution is -2.61. The van der Waals surface area contributed by atoms with Gasteiger partial charge in [0.25, 0.3) is 0 Å². The summed E-state index contributed by atoms with van der Waals surface area (Å²) in [5.41, 5.74) is 8.67. The second kappa shape index (κ2) is 59.0. The first-order valence-corrected chi connectivity index (χ1v) is 48.3. The molecule has 0 aliphatic carbocycles. The number of carboxylic acids is 6. The third-order valence-corrected chi connectivity index (χ3v) is 24.4. The predicted molar refractivity (Wildman–Crippen MR) is 528 cm³/mol. The van der Waals surface area contributed by atoms with Crippen LogP contribution in [-0.4, -0.2) is 303 Å². The van der Waals surface area contributed by atoms with Crippen LogP contribution >= 0.6 is 0 Å². The van der Waals surface area contributed by atoms with Crippen LogP contribution in [0.3, 0.4) is 0 Å². The number of aromatic hydroxyl groups is 1. The zero-order valence-corrected chi connectivity index (χ0v) is 82.8. The van der Waals surface area contributed by atoms with Crippen LogP contribution in [0.15, 0.2) is 116 Å². The number of phenolic OH excluding ortho intramolecular Hbond substituents is 1. The quantitative estimate of drug-likeness (QED) is 0.0182. The van der Waals surface area contributed by atoms with Gasteiger partial charge in [0.05, 0.1) is 19.5 Å². The molecule has 150 heavy (non-hydrogen) atoms. The molecule has 4 heterocycles. The molecule has 812 valence electrons. The highest BCUT2D eigenvalue weighted by Gasteiger charge is 2.42. The Labute approximate surface area is 857 Å². The Morgan fingerprint density at radius 2 is 0.780 bits per heavy atom. The Morgan fingerprint density at radius 3 is 1.22 bits per heavy atom. The largest absolute Gasteiger partial charge is 0.508 e. The van der Waals surface area contributed by atoms with Crippen molar-refractivity contribution >= 4 is 164 Å². The van der Waals surface area contributed by atoms with Crippen LogP contribution in [-0.2, 0) is 141 Å². The topological polar surface area (TPSA) is 840 Å². The number of nitrogens with one attached hydrogen (secondary N) is 18. The molecule has 2 saturated heterocycles. The minimum absolute atomic E-state index is 0. The summed E-state index contributed by atoms with van der Waals surface area (Å²) in [6, 6.07) is 1.91. The fraction of sp³-hybridized carbons (Fsp3) is 0.469. The molecule has 6 aromatic rings. The fourth-order valence-corrected chi connectivity index (χ4v) is 16.5. The molecule has 0 bridgehead atoms. The van der Waals surface area contributed by atoms with Gasteiger partial charge in [0.2, 0.25) is 106 Å². The molecule has 18 amide bonds. The van der Waals surface area contributed by atoms with E-state index in [9.17, 15) is 151 Å². The van der Waals surface area contributed by atoms with E-state index < -0.39 is 323 Å². The summed E-state index contributed by atoms with van der Waals surface area (Å²) in [6.45, 7) is 4.69. The van der Waals surface area contributed by atoms with Crippen LogP contribution < -0.4 is 97.0 Å². The lowest BCUT2D eigenvalue weighted by molar-refractivity contribution is -0.141.